The van der Waals surface area contributed by atoms with Crippen LogP contribution in [0.3, 0.4) is 0 Å². The predicted octanol–water partition coefficient (Wildman–Crippen LogP) is 1.36. The molecule has 1 aliphatic heterocycles. The van der Waals surface area contributed by atoms with E-state index in [1.54, 1.807) is 12.1 Å². The monoisotopic (exact) mass is 337 g/mol. The summed E-state index contributed by atoms with van der Waals surface area (Å²) >= 11 is 1.13. The summed E-state index contributed by atoms with van der Waals surface area (Å²) in [6.07, 6.45) is 0.545. The number of rotatable bonds is 5. The van der Waals surface area contributed by atoms with E-state index in [-0.39, 0.29) is 28.4 Å². The first kappa shape index (κ1) is 17.3. The Labute approximate surface area is 138 Å². The molecule has 1 aromatic carbocycles. The molecule has 1 unspecified atom stereocenters. The van der Waals surface area contributed by atoms with E-state index in [1.807, 2.05) is 0 Å². The third-order valence-electron chi connectivity index (χ3n) is 3.67. The highest BCUT2D eigenvalue weighted by Gasteiger charge is 2.38. The molecule has 1 N–H and O–H groups in total. The molecule has 1 amide bonds. The molecule has 0 aliphatic carbocycles. The molecule has 7 heteroatoms. The number of ether oxygens (including phenoxy) is 1. The van der Waals surface area contributed by atoms with Crippen LogP contribution in [0, 0.1) is 0 Å². The van der Waals surface area contributed by atoms with Crippen LogP contribution in [0.4, 0.5) is 0 Å². The van der Waals surface area contributed by atoms with Gasteiger partial charge in [0.15, 0.2) is 5.12 Å². The SMILES string of the molecule is COC(=O)[C@H](Cc1ccc(O)cc1)N1CC(SC(C)=O)CC1=O. The van der Waals surface area contributed by atoms with Gasteiger partial charge in [-0.1, -0.05) is 23.9 Å². The third kappa shape index (κ3) is 4.48. The highest BCUT2D eigenvalue weighted by atomic mass is 32.2. The fourth-order valence-electron chi connectivity index (χ4n) is 2.62. The van der Waals surface area contributed by atoms with E-state index in [2.05, 4.69) is 0 Å². The maximum Gasteiger partial charge on any atom is 0.328 e. The minimum absolute atomic E-state index is 0.0437. The summed E-state index contributed by atoms with van der Waals surface area (Å²) in [6.45, 7) is 1.81. The van der Waals surface area contributed by atoms with Crippen LogP contribution in [-0.4, -0.2) is 51.9 Å². The molecule has 0 bridgehead atoms. The van der Waals surface area contributed by atoms with Gasteiger partial charge in [0, 0.05) is 31.6 Å². The van der Waals surface area contributed by atoms with Gasteiger partial charge in [-0.3, -0.25) is 9.59 Å². The fraction of sp³-hybridized carbons (Fsp3) is 0.438. The van der Waals surface area contributed by atoms with Crippen LogP contribution < -0.4 is 0 Å². The van der Waals surface area contributed by atoms with Gasteiger partial charge in [0.05, 0.1) is 7.11 Å². The summed E-state index contributed by atoms with van der Waals surface area (Å²) in [5, 5.41) is 9.15. The Bertz CT molecular complexity index is 601. The summed E-state index contributed by atoms with van der Waals surface area (Å²) in [4.78, 5) is 37.0. The summed E-state index contributed by atoms with van der Waals surface area (Å²) in [5.41, 5.74) is 0.814. The highest BCUT2D eigenvalue weighted by Crippen LogP contribution is 2.27. The number of esters is 1. The number of carbonyl (C=O) groups is 3. The van der Waals surface area contributed by atoms with E-state index >= 15 is 0 Å². The molecule has 2 atom stereocenters. The molecule has 0 spiro atoms. The molecule has 23 heavy (non-hydrogen) atoms. The van der Waals surface area contributed by atoms with Crippen molar-refractivity contribution in [3.8, 4) is 5.75 Å². The Morgan fingerprint density at radius 2 is 2.04 bits per heavy atom. The second kappa shape index (κ2) is 7.50. The number of thioether (sulfide) groups is 1. The van der Waals surface area contributed by atoms with E-state index in [1.165, 1.54) is 31.1 Å². The van der Waals surface area contributed by atoms with Gasteiger partial charge in [0.2, 0.25) is 5.91 Å². The lowest BCUT2D eigenvalue weighted by Crippen LogP contribution is -2.44. The van der Waals surface area contributed by atoms with Crippen molar-refractivity contribution in [3.05, 3.63) is 29.8 Å². The Hall–Kier alpha value is -2.02. The largest absolute Gasteiger partial charge is 0.508 e. The van der Waals surface area contributed by atoms with Crippen LogP contribution in [0.15, 0.2) is 24.3 Å². The molecule has 0 aromatic heterocycles. The van der Waals surface area contributed by atoms with Crippen LogP contribution in [0.25, 0.3) is 0 Å². The molecule has 1 aliphatic rings. The molecule has 6 nitrogen and oxygen atoms in total. The zero-order valence-electron chi connectivity index (χ0n) is 13.0. The van der Waals surface area contributed by atoms with Crippen molar-refractivity contribution in [1.29, 1.82) is 0 Å². The molecular weight excluding hydrogens is 318 g/mol. The van der Waals surface area contributed by atoms with Crippen molar-refractivity contribution in [1.82, 2.24) is 4.90 Å². The second-order valence-corrected chi connectivity index (χ2v) is 6.87. The molecule has 1 aromatic rings. The van der Waals surface area contributed by atoms with Crippen LogP contribution in [0.5, 0.6) is 5.75 Å². The molecule has 0 radical (unpaired) electrons. The molecule has 124 valence electrons. The summed E-state index contributed by atoms with van der Waals surface area (Å²) in [5.74, 6) is -0.503. The molecule has 2 rings (SSSR count). The van der Waals surface area contributed by atoms with Crippen molar-refractivity contribution in [2.75, 3.05) is 13.7 Å². The Morgan fingerprint density at radius 1 is 1.39 bits per heavy atom. The maximum absolute atomic E-state index is 12.2. The Kier molecular flexibility index (Phi) is 5.65. The maximum atomic E-state index is 12.2. The van der Waals surface area contributed by atoms with Gasteiger partial charge in [-0.2, -0.15) is 0 Å². The van der Waals surface area contributed by atoms with Gasteiger partial charge in [0.1, 0.15) is 11.8 Å². The van der Waals surface area contributed by atoms with Gasteiger partial charge in [-0.15, -0.1) is 0 Å². The minimum Gasteiger partial charge on any atom is -0.508 e. The number of carbonyl (C=O) groups excluding carboxylic acids is 3. The van der Waals surface area contributed by atoms with Gasteiger partial charge >= 0.3 is 5.97 Å². The lowest BCUT2D eigenvalue weighted by Gasteiger charge is -2.26. The number of amides is 1. The van der Waals surface area contributed by atoms with Gasteiger partial charge < -0.3 is 14.7 Å². The number of phenolic OH excluding ortho intramolecular Hbond substituents is 1. The number of aromatic hydroxyl groups is 1. The van der Waals surface area contributed by atoms with E-state index in [0.717, 1.165) is 17.3 Å². The number of methoxy groups -OCH3 is 1. The lowest BCUT2D eigenvalue weighted by molar-refractivity contribution is -0.151. The van der Waals surface area contributed by atoms with Gasteiger partial charge in [-0.05, 0) is 17.7 Å². The average molecular weight is 337 g/mol. The van der Waals surface area contributed by atoms with Gasteiger partial charge in [0.25, 0.3) is 0 Å². The highest BCUT2D eigenvalue weighted by molar-refractivity contribution is 8.14. The Morgan fingerprint density at radius 3 is 2.61 bits per heavy atom. The molecule has 1 heterocycles. The molecule has 1 saturated heterocycles. The first-order valence-electron chi connectivity index (χ1n) is 7.23. The lowest BCUT2D eigenvalue weighted by atomic mass is 10.0. The Balaban J connectivity index is 2.15. The first-order valence-corrected chi connectivity index (χ1v) is 8.11. The van der Waals surface area contributed by atoms with E-state index in [9.17, 15) is 19.5 Å². The van der Waals surface area contributed by atoms with Crippen molar-refractivity contribution in [3.63, 3.8) is 0 Å². The first-order chi connectivity index (χ1) is 10.9. The zero-order chi connectivity index (χ0) is 17.0. The fourth-order valence-corrected chi connectivity index (χ4v) is 3.56. The topological polar surface area (TPSA) is 83.9 Å². The number of hydrogen-bond acceptors (Lipinski definition) is 6. The molecule has 0 saturated carbocycles. The van der Waals surface area contributed by atoms with Crippen molar-refractivity contribution in [2.45, 2.75) is 31.1 Å². The van der Waals surface area contributed by atoms with Crippen LogP contribution >= 0.6 is 11.8 Å². The van der Waals surface area contributed by atoms with Crippen molar-refractivity contribution < 1.29 is 24.2 Å². The minimum atomic E-state index is -0.727. The van der Waals surface area contributed by atoms with Crippen molar-refractivity contribution >= 4 is 28.8 Å². The number of hydrogen-bond donors (Lipinski definition) is 1. The number of benzene rings is 1. The van der Waals surface area contributed by atoms with E-state index < -0.39 is 12.0 Å². The zero-order valence-corrected chi connectivity index (χ0v) is 13.8. The smallest absolute Gasteiger partial charge is 0.328 e. The van der Waals surface area contributed by atoms with Crippen LogP contribution in [0.2, 0.25) is 0 Å². The average Bonchev–Trinajstić information content (AvgIpc) is 2.85. The van der Waals surface area contributed by atoms with E-state index in [4.69, 9.17) is 4.74 Å². The summed E-state index contributed by atoms with van der Waals surface area (Å²) in [7, 11) is 1.29. The molecule has 1 fully saturated rings. The van der Waals surface area contributed by atoms with Crippen molar-refractivity contribution in [2.24, 2.45) is 0 Å². The quantitative estimate of drug-likeness (QED) is 0.817. The molecular formula is C16H19NO5S. The normalized spacial score (nSPS) is 18.8. The number of nitrogens with zero attached hydrogens (tertiary/aromatic N) is 1. The summed E-state index contributed by atoms with van der Waals surface area (Å²) in [6, 6.07) is 5.74. The third-order valence-corrected chi connectivity index (χ3v) is 4.65. The standard InChI is InChI=1S/C16H19NO5S/c1-10(18)23-13-8-15(20)17(9-13)14(16(21)22-2)7-11-3-5-12(19)6-4-11/h3-6,13-14,19H,7-9H2,1-2H3/t13?,14-/m0/s1. The van der Waals surface area contributed by atoms with Crippen LogP contribution in [-0.2, 0) is 25.5 Å². The van der Waals surface area contributed by atoms with Crippen LogP contribution in [0.1, 0.15) is 18.9 Å². The number of likely N-dealkylation sites (tertiary alicyclic amines) is 1. The second-order valence-electron chi connectivity index (χ2n) is 5.39. The summed E-state index contributed by atoms with van der Waals surface area (Å²) < 4.78 is 4.83. The predicted molar refractivity (Wildman–Crippen MR) is 86.0 cm³/mol. The van der Waals surface area contributed by atoms with E-state index in [0.29, 0.717) is 13.0 Å². The van der Waals surface area contributed by atoms with Gasteiger partial charge in [-0.25, -0.2) is 4.79 Å². The number of phenols is 1.